The normalized spacial score (nSPS) is 10.7. The highest BCUT2D eigenvalue weighted by Crippen LogP contribution is 2.25. The fourth-order valence-electron chi connectivity index (χ4n) is 3.17. The van der Waals surface area contributed by atoms with E-state index >= 15 is 0 Å². The molecule has 0 bridgehead atoms. The van der Waals surface area contributed by atoms with Gasteiger partial charge in [-0.15, -0.1) is 10.2 Å². The number of pyridine rings is 1. The second-order valence-corrected chi connectivity index (χ2v) is 7.98. The Morgan fingerprint density at radius 1 is 1.03 bits per heavy atom. The van der Waals surface area contributed by atoms with Gasteiger partial charge in [0, 0.05) is 18.0 Å². The zero-order valence-electron chi connectivity index (χ0n) is 17.6. The first-order chi connectivity index (χ1) is 15.7. The Bertz CT molecular complexity index is 1170. The summed E-state index contributed by atoms with van der Waals surface area (Å²) in [4.78, 5) is 16.5. The SMILES string of the molecule is COc1cccc(-n2c(CNC(=O)c3ccccn3)nnc2SCCc2ccccc2)c1. The first kappa shape index (κ1) is 21.6. The second kappa shape index (κ2) is 10.6. The van der Waals surface area contributed by atoms with E-state index in [2.05, 4.69) is 32.6 Å². The molecule has 0 atom stereocenters. The molecule has 0 spiro atoms. The van der Waals surface area contributed by atoms with Gasteiger partial charge in [-0.25, -0.2) is 0 Å². The van der Waals surface area contributed by atoms with Crippen LogP contribution in [0.3, 0.4) is 0 Å². The quantitative estimate of drug-likeness (QED) is 0.393. The first-order valence-corrected chi connectivity index (χ1v) is 11.2. The van der Waals surface area contributed by atoms with Gasteiger partial charge in [-0.1, -0.05) is 54.2 Å². The smallest absolute Gasteiger partial charge is 0.270 e. The lowest BCUT2D eigenvalue weighted by Gasteiger charge is -2.12. The highest BCUT2D eigenvalue weighted by atomic mass is 32.2. The van der Waals surface area contributed by atoms with Gasteiger partial charge in [0.05, 0.1) is 19.3 Å². The predicted octanol–water partition coefficient (Wildman–Crippen LogP) is 3.94. The maximum atomic E-state index is 12.4. The highest BCUT2D eigenvalue weighted by molar-refractivity contribution is 7.99. The van der Waals surface area contributed by atoms with E-state index in [9.17, 15) is 4.79 Å². The van der Waals surface area contributed by atoms with Crippen LogP contribution in [0.1, 0.15) is 21.9 Å². The van der Waals surface area contributed by atoms with Crippen LogP contribution in [0.4, 0.5) is 0 Å². The fraction of sp³-hybridized carbons (Fsp3) is 0.167. The molecule has 0 saturated carbocycles. The molecule has 162 valence electrons. The molecule has 2 heterocycles. The minimum Gasteiger partial charge on any atom is -0.497 e. The fourth-order valence-corrected chi connectivity index (χ4v) is 4.13. The third-order valence-electron chi connectivity index (χ3n) is 4.78. The van der Waals surface area contributed by atoms with Crippen LogP contribution < -0.4 is 10.1 Å². The average molecular weight is 446 g/mol. The van der Waals surface area contributed by atoms with E-state index in [0.717, 1.165) is 28.8 Å². The minimum atomic E-state index is -0.260. The number of rotatable bonds is 9. The minimum absolute atomic E-state index is 0.221. The number of aromatic nitrogens is 4. The van der Waals surface area contributed by atoms with Crippen molar-refractivity contribution in [3.63, 3.8) is 0 Å². The van der Waals surface area contributed by atoms with E-state index in [1.807, 2.05) is 47.0 Å². The van der Waals surface area contributed by atoms with Gasteiger partial charge in [0.2, 0.25) is 0 Å². The summed E-state index contributed by atoms with van der Waals surface area (Å²) >= 11 is 1.63. The van der Waals surface area contributed by atoms with Crippen molar-refractivity contribution in [3.8, 4) is 11.4 Å². The van der Waals surface area contributed by atoms with Crippen LogP contribution >= 0.6 is 11.8 Å². The van der Waals surface area contributed by atoms with Crippen molar-refractivity contribution in [3.05, 3.63) is 96.1 Å². The molecule has 2 aromatic heterocycles. The lowest BCUT2D eigenvalue weighted by Crippen LogP contribution is -2.25. The van der Waals surface area contributed by atoms with Gasteiger partial charge in [-0.05, 0) is 36.2 Å². The van der Waals surface area contributed by atoms with Crippen LogP contribution in [0.15, 0.2) is 84.1 Å². The molecule has 0 unspecified atom stereocenters. The molecule has 1 N–H and O–H groups in total. The molecule has 1 amide bonds. The van der Waals surface area contributed by atoms with Crippen molar-refractivity contribution >= 4 is 17.7 Å². The molecular formula is C24H23N5O2S. The lowest BCUT2D eigenvalue weighted by atomic mass is 10.2. The van der Waals surface area contributed by atoms with E-state index in [-0.39, 0.29) is 12.5 Å². The van der Waals surface area contributed by atoms with E-state index < -0.39 is 0 Å². The number of ether oxygens (including phenoxy) is 1. The van der Waals surface area contributed by atoms with Crippen LogP contribution in [0, 0.1) is 0 Å². The van der Waals surface area contributed by atoms with E-state index in [4.69, 9.17) is 4.74 Å². The van der Waals surface area contributed by atoms with Crippen LogP contribution in [-0.4, -0.2) is 38.5 Å². The molecule has 0 fully saturated rings. The zero-order chi connectivity index (χ0) is 22.2. The van der Waals surface area contributed by atoms with Gasteiger partial charge in [-0.3, -0.25) is 14.3 Å². The van der Waals surface area contributed by atoms with Gasteiger partial charge >= 0.3 is 0 Å². The highest BCUT2D eigenvalue weighted by Gasteiger charge is 2.16. The molecule has 0 aliphatic heterocycles. The van der Waals surface area contributed by atoms with E-state index in [1.54, 1.807) is 43.3 Å². The second-order valence-electron chi connectivity index (χ2n) is 6.92. The molecule has 7 nitrogen and oxygen atoms in total. The van der Waals surface area contributed by atoms with Crippen LogP contribution in [0.25, 0.3) is 5.69 Å². The molecule has 4 rings (SSSR count). The number of thioether (sulfide) groups is 1. The Kier molecular flexibility index (Phi) is 7.14. The summed E-state index contributed by atoms with van der Waals surface area (Å²) in [6.45, 7) is 0.221. The number of nitrogens with one attached hydrogen (secondary N) is 1. The molecule has 0 aliphatic carbocycles. The number of methoxy groups -OCH3 is 1. The number of carbonyl (C=O) groups excluding carboxylic acids is 1. The number of nitrogens with zero attached hydrogens (tertiary/aromatic N) is 4. The maximum absolute atomic E-state index is 12.4. The van der Waals surface area contributed by atoms with Crippen molar-refractivity contribution in [2.24, 2.45) is 0 Å². The van der Waals surface area contributed by atoms with Crippen LogP contribution in [0.5, 0.6) is 5.75 Å². The summed E-state index contributed by atoms with van der Waals surface area (Å²) < 4.78 is 7.34. The number of carbonyl (C=O) groups is 1. The van der Waals surface area contributed by atoms with Crippen molar-refractivity contribution in [1.82, 2.24) is 25.1 Å². The number of hydrogen-bond acceptors (Lipinski definition) is 6. The van der Waals surface area contributed by atoms with E-state index in [1.165, 1.54) is 5.56 Å². The van der Waals surface area contributed by atoms with E-state index in [0.29, 0.717) is 11.5 Å². The van der Waals surface area contributed by atoms with Crippen molar-refractivity contribution in [2.45, 2.75) is 18.1 Å². The maximum Gasteiger partial charge on any atom is 0.270 e. The third kappa shape index (κ3) is 5.33. The van der Waals surface area contributed by atoms with Crippen LogP contribution in [0.2, 0.25) is 0 Å². The number of hydrogen-bond donors (Lipinski definition) is 1. The monoisotopic (exact) mass is 445 g/mol. The number of benzene rings is 2. The molecule has 0 radical (unpaired) electrons. The third-order valence-corrected chi connectivity index (χ3v) is 5.71. The van der Waals surface area contributed by atoms with Crippen molar-refractivity contribution in [2.75, 3.05) is 12.9 Å². The molecule has 8 heteroatoms. The summed E-state index contributed by atoms with van der Waals surface area (Å²) in [5.41, 5.74) is 2.51. The Balaban J connectivity index is 1.54. The summed E-state index contributed by atoms with van der Waals surface area (Å²) in [5, 5.41) is 12.4. The average Bonchev–Trinajstić information content (AvgIpc) is 3.26. The predicted molar refractivity (Wildman–Crippen MR) is 124 cm³/mol. The summed E-state index contributed by atoms with van der Waals surface area (Å²) in [7, 11) is 1.63. The van der Waals surface area contributed by atoms with Crippen LogP contribution in [-0.2, 0) is 13.0 Å². The number of amides is 1. The number of aryl methyl sites for hydroxylation is 1. The van der Waals surface area contributed by atoms with Gasteiger partial charge in [0.1, 0.15) is 11.4 Å². The standard InChI is InChI=1S/C24H23N5O2S/c1-31-20-11-7-10-19(16-20)29-22(17-26-23(30)21-12-5-6-14-25-21)27-28-24(29)32-15-13-18-8-3-2-4-9-18/h2-12,14,16H,13,15,17H2,1H3,(H,26,30). The van der Waals surface area contributed by atoms with Gasteiger partial charge in [-0.2, -0.15) is 0 Å². The lowest BCUT2D eigenvalue weighted by molar-refractivity contribution is 0.0944. The molecule has 2 aromatic carbocycles. The Morgan fingerprint density at radius 3 is 2.66 bits per heavy atom. The molecular weight excluding hydrogens is 422 g/mol. The summed E-state index contributed by atoms with van der Waals surface area (Å²) in [6.07, 6.45) is 2.51. The Hall–Kier alpha value is -3.65. The van der Waals surface area contributed by atoms with Gasteiger partial charge < -0.3 is 10.1 Å². The van der Waals surface area contributed by atoms with Crippen molar-refractivity contribution < 1.29 is 9.53 Å². The Morgan fingerprint density at radius 2 is 1.88 bits per heavy atom. The zero-order valence-corrected chi connectivity index (χ0v) is 18.5. The van der Waals surface area contributed by atoms with Crippen molar-refractivity contribution in [1.29, 1.82) is 0 Å². The molecule has 32 heavy (non-hydrogen) atoms. The molecule has 0 aliphatic rings. The molecule has 4 aromatic rings. The van der Waals surface area contributed by atoms with Gasteiger partial charge in [0.25, 0.3) is 5.91 Å². The van der Waals surface area contributed by atoms with Gasteiger partial charge in [0.15, 0.2) is 11.0 Å². The Labute approximate surface area is 190 Å². The largest absolute Gasteiger partial charge is 0.497 e. The first-order valence-electron chi connectivity index (χ1n) is 10.2. The topological polar surface area (TPSA) is 81.9 Å². The molecule has 0 saturated heterocycles. The summed E-state index contributed by atoms with van der Waals surface area (Å²) in [6, 6.07) is 23.3. The summed E-state index contributed by atoms with van der Waals surface area (Å²) in [5.74, 6) is 1.96.